The van der Waals surface area contributed by atoms with E-state index in [1.807, 2.05) is 0 Å². The van der Waals surface area contributed by atoms with E-state index in [-0.39, 0.29) is 17.1 Å². The van der Waals surface area contributed by atoms with Crippen molar-refractivity contribution >= 4 is 47.0 Å². The van der Waals surface area contributed by atoms with Gasteiger partial charge in [-0.25, -0.2) is 9.97 Å². The number of halogens is 2. The van der Waals surface area contributed by atoms with Gasteiger partial charge in [0.05, 0.1) is 11.9 Å². The molecule has 2 aromatic carbocycles. The van der Waals surface area contributed by atoms with Crippen molar-refractivity contribution in [1.82, 2.24) is 9.97 Å². The quantitative estimate of drug-likeness (QED) is 0.183. The number of hydrazone groups is 1. The third-order valence-corrected chi connectivity index (χ3v) is 5.79. The number of phenolic OH excluding ortho intramolecular Hbond substituents is 1. The highest BCUT2D eigenvalue weighted by Gasteiger charge is 2.17. The summed E-state index contributed by atoms with van der Waals surface area (Å²) in [5.41, 5.74) is 4.73. The topological polar surface area (TPSA) is 94.2 Å². The Bertz CT molecular complexity index is 1140. The maximum Gasteiger partial charge on any atom is 0.190 e. The monoisotopic (exact) mass is 471 g/mol. The lowest BCUT2D eigenvalue weighted by atomic mass is 10.1. The highest BCUT2D eigenvalue weighted by molar-refractivity contribution is 7.99. The van der Waals surface area contributed by atoms with Crippen molar-refractivity contribution < 1.29 is 5.11 Å². The molecule has 158 valence electrons. The van der Waals surface area contributed by atoms with E-state index in [0.29, 0.717) is 32.4 Å². The van der Waals surface area contributed by atoms with Gasteiger partial charge in [-0.1, -0.05) is 60.9 Å². The van der Waals surface area contributed by atoms with Crippen LogP contribution in [-0.2, 0) is 0 Å². The molecule has 0 unspecified atom stereocenters. The van der Waals surface area contributed by atoms with Crippen molar-refractivity contribution in [3.05, 3.63) is 63.6 Å². The lowest BCUT2D eigenvalue weighted by Crippen LogP contribution is -2.04. The molecule has 0 radical (unpaired) electrons. The molecular formula is C22H19Cl2N5OS. The first-order valence-corrected chi connectivity index (χ1v) is 11.1. The first kappa shape index (κ1) is 22.9. The fourth-order valence-corrected chi connectivity index (χ4v) is 3.64. The van der Waals surface area contributed by atoms with Crippen molar-refractivity contribution in [2.24, 2.45) is 11.0 Å². The number of hydrogen-bond donors (Lipinski definition) is 2. The van der Waals surface area contributed by atoms with Crippen LogP contribution in [0.5, 0.6) is 5.75 Å². The minimum Gasteiger partial charge on any atom is -0.507 e. The second-order valence-corrected chi connectivity index (χ2v) is 8.84. The molecule has 0 saturated carbocycles. The molecule has 6 nitrogen and oxygen atoms in total. The largest absolute Gasteiger partial charge is 0.507 e. The fourth-order valence-electron chi connectivity index (χ4n) is 2.54. The van der Waals surface area contributed by atoms with Crippen LogP contribution >= 0.6 is 35.0 Å². The summed E-state index contributed by atoms with van der Waals surface area (Å²) < 4.78 is 0. The normalized spacial score (nSPS) is 11.1. The maximum absolute atomic E-state index is 9.94. The Balaban J connectivity index is 2.00. The van der Waals surface area contributed by atoms with Crippen molar-refractivity contribution in [2.45, 2.75) is 19.0 Å². The Morgan fingerprint density at radius 3 is 2.55 bits per heavy atom. The Kier molecular flexibility index (Phi) is 7.75. The minimum atomic E-state index is 0.0353. The SMILES string of the molecule is CC(C)CSc1nc(N/N=C/c2cc(Cl)ccc2O)c(C#N)c(-c2ccc(Cl)cc2)n1. The average Bonchev–Trinajstić information content (AvgIpc) is 2.75. The van der Waals surface area contributed by atoms with Crippen LogP contribution in [0, 0.1) is 17.2 Å². The summed E-state index contributed by atoms with van der Waals surface area (Å²) in [6.07, 6.45) is 1.41. The van der Waals surface area contributed by atoms with E-state index < -0.39 is 0 Å². The summed E-state index contributed by atoms with van der Waals surface area (Å²) >= 11 is 13.5. The fraction of sp³-hybridized carbons (Fsp3) is 0.182. The molecule has 1 heterocycles. The average molecular weight is 472 g/mol. The summed E-state index contributed by atoms with van der Waals surface area (Å²) in [5.74, 6) is 1.58. The van der Waals surface area contributed by atoms with E-state index in [4.69, 9.17) is 23.2 Å². The molecule has 31 heavy (non-hydrogen) atoms. The molecule has 0 spiro atoms. The third kappa shape index (κ3) is 6.11. The van der Waals surface area contributed by atoms with Crippen LogP contribution in [0.15, 0.2) is 52.7 Å². The molecule has 0 aliphatic heterocycles. The summed E-state index contributed by atoms with van der Waals surface area (Å²) in [7, 11) is 0. The zero-order valence-electron chi connectivity index (χ0n) is 16.8. The lowest BCUT2D eigenvalue weighted by Gasteiger charge is -2.11. The van der Waals surface area contributed by atoms with Gasteiger partial charge in [0.2, 0.25) is 0 Å². The Labute approximate surface area is 195 Å². The van der Waals surface area contributed by atoms with Crippen molar-refractivity contribution in [1.29, 1.82) is 5.26 Å². The van der Waals surface area contributed by atoms with Crippen LogP contribution in [0.4, 0.5) is 5.82 Å². The van der Waals surface area contributed by atoms with Gasteiger partial charge in [-0.15, -0.1) is 0 Å². The predicted octanol–water partition coefficient (Wildman–Crippen LogP) is 6.22. The van der Waals surface area contributed by atoms with Crippen LogP contribution in [-0.4, -0.2) is 27.0 Å². The van der Waals surface area contributed by atoms with Gasteiger partial charge >= 0.3 is 0 Å². The number of nitriles is 1. The molecule has 9 heteroatoms. The zero-order chi connectivity index (χ0) is 22.4. The molecule has 0 atom stereocenters. The molecule has 0 amide bonds. The molecule has 3 rings (SSSR count). The highest BCUT2D eigenvalue weighted by Crippen LogP contribution is 2.30. The van der Waals surface area contributed by atoms with Crippen LogP contribution in [0.1, 0.15) is 25.0 Å². The van der Waals surface area contributed by atoms with E-state index in [1.54, 1.807) is 36.4 Å². The van der Waals surface area contributed by atoms with Gasteiger partial charge in [0.1, 0.15) is 17.4 Å². The van der Waals surface area contributed by atoms with Crippen LogP contribution < -0.4 is 5.43 Å². The molecule has 0 bridgehead atoms. The van der Waals surface area contributed by atoms with Gasteiger partial charge in [-0.3, -0.25) is 5.43 Å². The first-order valence-electron chi connectivity index (χ1n) is 9.36. The summed E-state index contributed by atoms with van der Waals surface area (Å²) in [6, 6.07) is 13.9. The number of anilines is 1. The van der Waals surface area contributed by atoms with E-state index >= 15 is 0 Å². The number of rotatable bonds is 7. The smallest absolute Gasteiger partial charge is 0.190 e. The Morgan fingerprint density at radius 1 is 1.16 bits per heavy atom. The van der Waals surface area contributed by atoms with Gasteiger partial charge in [0.15, 0.2) is 11.0 Å². The van der Waals surface area contributed by atoms with Crippen molar-refractivity contribution in [2.75, 3.05) is 11.2 Å². The van der Waals surface area contributed by atoms with Gasteiger partial charge < -0.3 is 5.11 Å². The van der Waals surface area contributed by atoms with E-state index in [1.165, 1.54) is 24.0 Å². The number of nitrogens with one attached hydrogen (secondary N) is 1. The summed E-state index contributed by atoms with van der Waals surface area (Å²) in [6.45, 7) is 4.22. The first-order chi connectivity index (χ1) is 14.9. The van der Waals surface area contributed by atoms with Crippen LogP contribution in [0.3, 0.4) is 0 Å². The number of benzene rings is 2. The number of hydrogen-bond acceptors (Lipinski definition) is 7. The third-order valence-electron chi connectivity index (χ3n) is 4.03. The number of thioether (sulfide) groups is 1. The number of nitrogens with zero attached hydrogens (tertiary/aromatic N) is 4. The molecule has 2 N–H and O–H groups in total. The molecule has 0 aliphatic rings. The highest BCUT2D eigenvalue weighted by atomic mass is 35.5. The predicted molar refractivity (Wildman–Crippen MR) is 127 cm³/mol. The second-order valence-electron chi connectivity index (χ2n) is 6.98. The maximum atomic E-state index is 9.94. The molecular weight excluding hydrogens is 453 g/mol. The molecule has 0 fully saturated rings. The standard InChI is InChI=1S/C22H19Cl2N5OS/c1-13(2)12-31-22-27-20(14-3-5-16(23)6-4-14)18(10-25)21(28-22)29-26-11-15-9-17(24)7-8-19(15)30/h3-9,11,13,30H,12H2,1-2H3,(H,27,28,29)/b26-11+. The molecule has 1 aromatic heterocycles. The molecule has 0 saturated heterocycles. The van der Waals surface area contributed by atoms with Crippen LogP contribution in [0.2, 0.25) is 10.0 Å². The molecule has 0 aliphatic carbocycles. The lowest BCUT2D eigenvalue weighted by molar-refractivity contribution is 0.474. The van der Waals surface area contributed by atoms with E-state index in [0.717, 1.165) is 11.3 Å². The van der Waals surface area contributed by atoms with E-state index in [2.05, 4.69) is 40.4 Å². The Morgan fingerprint density at radius 2 is 1.87 bits per heavy atom. The van der Waals surface area contributed by atoms with E-state index in [9.17, 15) is 10.4 Å². The van der Waals surface area contributed by atoms with Crippen LogP contribution in [0.25, 0.3) is 11.3 Å². The second kappa shape index (κ2) is 10.5. The Hall–Kier alpha value is -2.79. The van der Waals surface area contributed by atoms with Gasteiger partial charge in [0.25, 0.3) is 0 Å². The van der Waals surface area contributed by atoms with Crippen molar-refractivity contribution in [3.8, 4) is 23.1 Å². The number of aromatic hydroxyl groups is 1. The summed E-state index contributed by atoms with van der Waals surface area (Å²) in [4.78, 5) is 9.09. The zero-order valence-corrected chi connectivity index (χ0v) is 19.1. The number of aromatic nitrogens is 2. The molecule has 3 aromatic rings. The minimum absolute atomic E-state index is 0.0353. The van der Waals surface area contributed by atoms with Gasteiger partial charge in [-0.05, 0) is 36.2 Å². The van der Waals surface area contributed by atoms with Gasteiger partial charge in [0, 0.05) is 26.9 Å². The summed E-state index contributed by atoms with van der Waals surface area (Å²) in [5, 5.41) is 25.5. The van der Waals surface area contributed by atoms with Gasteiger partial charge in [-0.2, -0.15) is 10.4 Å². The van der Waals surface area contributed by atoms with Crippen molar-refractivity contribution in [3.63, 3.8) is 0 Å². The number of phenols is 1.